The second kappa shape index (κ2) is 6.87. The summed E-state index contributed by atoms with van der Waals surface area (Å²) >= 11 is 0. The molecule has 5 heteroatoms. The van der Waals surface area contributed by atoms with Gasteiger partial charge in [-0.15, -0.1) is 0 Å². The smallest absolute Gasteiger partial charge is 0.264 e. The molecule has 0 fully saturated rings. The van der Waals surface area contributed by atoms with E-state index in [9.17, 15) is 9.18 Å². The Balaban J connectivity index is 2.15. The van der Waals surface area contributed by atoms with Gasteiger partial charge in [-0.25, -0.2) is 9.37 Å². The minimum Gasteiger partial charge on any atom is -0.296 e. The molecule has 1 aromatic heterocycles. The van der Waals surface area contributed by atoms with Crippen LogP contribution in [-0.4, -0.2) is 15.8 Å². The maximum absolute atomic E-state index is 14.6. The van der Waals surface area contributed by atoms with Crippen molar-refractivity contribution < 1.29 is 4.39 Å². The Morgan fingerprint density at radius 2 is 2.15 bits per heavy atom. The highest BCUT2D eigenvalue weighted by molar-refractivity contribution is 5.80. The van der Waals surface area contributed by atoms with Gasteiger partial charge in [0.05, 0.1) is 5.52 Å². The molecular weight excluding hydrogens is 329 g/mol. The van der Waals surface area contributed by atoms with Crippen molar-refractivity contribution in [2.45, 2.75) is 47.1 Å². The molecular formula is C21H22FN3O. The van der Waals surface area contributed by atoms with Crippen molar-refractivity contribution in [3.63, 3.8) is 0 Å². The number of fused-ring (bicyclic) bond motifs is 2. The molecule has 0 amide bonds. The molecule has 26 heavy (non-hydrogen) atoms. The van der Waals surface area contributed by atoms with Crippen molar-refractivity contribution >= 4 is 17.1 Å². The van der Waals surface area contributed by atoms with Gasteiger partial charge in [-0.1, -0.05) is 25.8 Å². The fourth-order valence-corrected chi connectivity index (χ4v) is 3.17. The van der Waals surface area contributed by atoms with Gasteiger partial charge in [-0.2, -0.15) is 0 Å². The van der Waals surface area contributed by atoms with Gasteiger partial charge in [0, 0.05) is 24.7 Å². The molecule has 3 rings (SSSR count). The summed E-state index contributed by atoms with van der Waals surface area (Å²) in [5.41, 5.74) is 1.23. The number of aromatic nitrogens is 2. The summed E-state index contributed by atoms with van der Waals surface area (Å²) in [5.74, 6) is 5.95. The highest BCUT2D eigenvalue weighted by atomic mass is 19.1. The van der Waals surface area contributed by atoms with Gasteiger partial charge in [0.2, 0.25) is 0 Å². The molecule has 2 heterocycles. The summed E-state index contributed by atoms with van der Waals surface area (Å²) in [4.78, 5) is 21.5. The number of hydrogen-bond acceptors (Lipinski definition) is 3. The minimum absolute atomic E-state index is 0.0387. The molecule has 4 nitrogen and oxygen atoms in total. The maximum Gasteiger partial charge on any atom is 0.264 e. The predicted molar refractivity (Wildman–Crippen MR) is 103 cm³/mol. The lowest BCUT2D eigenvalue weighted by atomic mass is 9.83. The van der Waals surface area contributed by atoms with E-state index in [1.807, 2.05) is 13.8 Å². The number of allylic oxidation sites excluding steroid dienone is 2. The van der Waals surface area contributed by atoms with E-state index >= 15 is 0 Å². The second-order valence-electron chi connectivity index (χ2n) is 7.24. The van der Waals surface area contributed by atoms with Crippen LogP contribution in [-0.2, 0) is 13.0 Å². The van der Waals surface area contributed by atoms with Crippen molar-refractivity contribution in [1.82, 2.24) is 9.55 Å². The van der Waals surface area contributed by atoms with E-state index in [-0.39, 0.29) is 16.4 Å². The van der Waals surface area contributed by atoms with E-state index in [0.717, 1.165) is 6.42 Å². The Kier molecular flexibility index (Phi) is 4.78. The molecule has 0 bridgehead atoms. The average Bonchev–Trinajstić information content (AvgIpc) is 2.57. The monoisotopic (exact) mass is 351 g/mol. The maximum atomic E-state index is 14.6. The third-order valence-electron chi connectivity index (χ3n) is 4.61. The molecule has 0 unspecified atom stereocenters. The second-order valence-corrected chi connectivity index (χ2v) is 7.24. The Hall–Kier alpha value is -2.74. The highest BCUT2D eigenvalue weighted by Crippen LogP contribution is 2.30. The fourth-order valence-electron chi connectivity index (χ4n) is 3.17. The Labute approximate surface area is 152 Å². The van der Waals surface area contributed by atoms with Crippen LogP contribution in [0, 0.1) is 23.1 Å². The number of hydrogen-bond donors (Lipinski definition) is 0. The first-order valence-electron chi connectivity index (χ1n) is 8.74. The lowest BCUT2D eigenvalue weighted by molar-refractivity contribution is 0.261. The summed E-state index contributed by atoms with van der Waals surface area (Å²) < 4.78 is 16.2. The van der Waals surface area contributed by atoms with Gasteiger partial charge in [0.15, 0.2) is 0 Å². The molecule has 0 spiro atoms. The summed E-state index contributed by atoms with van der Waals surface area (Å²) in [6.07, 6.45) is 5.01. The fraction of sp³-hybridized carbons (Fsp3) is 0.381. The van der Waals surface area contributed by atoms with Crippen molar-refractivity contribution in [2.75, 3.05) is 0 Å². The molecule has 1 aliphatic rings. The molecule has 0 N–H and O–H groups in total. The quantitative estimate of drug-likeness (QED) is 0.579. The lowest BCUT2D eigenvalue weighted by Gasteiger charge is -2.31. The van der Waals surface area contributed by atoms with Crippen LogP contribution in [0.4, 0.5) is 4.39 Å². The predicted octanol–water partition coefficient (Wildman–Crippen LogP) is 3.85. The van der Waals surface area contributed by atoms with Gasteiger partial charge >= 0.3 is 0 Å². The van der Waals surface area contributed by atoms with Crippen LogP contribution in [0.15, 0.2) is 33.7 Å². The van der Waals surface area contributed by atoms with Crippen molar-refractivity contribution in [3.05, 3.63) is 51.5 Å². The molecule has 1 aromatic carbocycles. The van der Waals surface area contributed by atoms with Gasteiger partial charge < -0.3 is 0 Å². The molecule has 1 aliphatic heterocycles. The number of halogens is 1. The van der Waals surface area contributed by atoms with Crippen molar-refractivity contribution in [1.29, 1.82) is 0 Å². The van der Waals surface area contributed by atoms with E-state index in [1.165, 1.54) is 6.07 Å². The topological polar surface area (TPSA) is 47.2 Å². The van der Waals surface area contributed by atoms with Crippen LogP contribution in [0.25, 0.3) is 10.9 Å². The largest absolute Gasteiger partial charge is 0.296 e. The Morgan fingerprint density at radius 3 is 2.85 bits per heavy atom. The molecule has 0 aliphatic carbocycles. The van der Waals surface area contributed by atoms with Crippen LogP contribution in [0.5, 0.6) is 0 Å². The number of rotatable bonds is 1. The first kappa shape index (κ1) is 18.1. The summed E-state index contributed by atoms with van der Waals surface area (Å²) in [5, 5.41) is 0.0387. The first-order chi connectivity index (χ1) is 12.3. The standard InChI is InChI=1S/C21H22FN3O/c1-5-15(23-6-2)8-7-14-11-16(22)19-17(12-14)24-18-13-21(3,4)9-10-25(18)20(19)26/h5-6,11-12H,9-10,13H2,1-4H3/b15-5-,23-6?. The summed E-state index contributed by atoms with van der Waals surface area (Å²) in [6, 6.07) is 2.97. The molecule has 0 radical (unpaired) electrons. The van der Waals surface area contributed by atoms with Gasteiger partial charge in [-0.05, 0) is 43.7 Å². The molecule has 0 saturated carbocycles. The Morgan fingerprint density at radius 1 is 1.38 bits per heavy atom. The van der Waals surface area contributed by atoms with Gasteiger partial charge in [0.25, 0.3) is 5.56 Å². The molecule has 2 aromatic rings. The van der Waals surface area contributed by atoms with E-state index in [4.69, 9.17) is 0 Å². The minimum atomic E-state index is -0.578. The summed E-state index contributed by atoms with van der Waals surface area (Å²) in [6.45, 7) is 8.53. The number of benzene rings is 1. The first-order valence-corrected chi connectivity index (χ1v) is 8.74. The Bertz CT molecular complexity index is 1050. The van der Waals surface area contributed by atoms with E-state index in [2.05, 4.69) is 35.7 Å². The van der Waals surface area contributed by atoms with E-state index in [1.54, 1.807) is 22.9 Å². The number of aliphatic imine (C=N–C) groups is 1. The molecule has 0 atom stereocenters. The third-order valence-corrected chi connectivity index (χ3v) is 4.61. The van der Waals surface area contributed by atoms with Gasteiger partial charge in [-0.3, -0.25) is 14.4 Å². The normalized spacial score (nSPS) is 16.4. The average molecular weight is 351 g/mol. The van der Waals surface area contributed by atoms with Crippen LogP contribution in [0.3, 0.4) is 0 Å². The zero-order valence-electron chi connectivity index (χ0n) is 15.6. The van der Waals surface area contributed by atoms with Crippen LogP contribution in [0.1, 0.15) is 45.5 Å². The van der Waals surface area contributed by atoms with Crippen molar-refractivity contribution in [3.8, 4) is 11.8 Å². The molecule has 134 valence electrons. The number of nitrogens with zero attached hydrogens (tertiary/aromatic N) is 3. The molecule has 0 saturated heterocycles. The van der Waals surface area contributed by atoms with Crippen LogP contribution >= 0.6 is 0 Å². The highest BCUT2D eigenvalue weighted by Gasteiger charge is 2.28. The van der Waals surface area contributed by atoms with Crippen LogP contribution < -0.4 is 5.56 Å². The zero-order valence-corrected chi connectivity index (χ0v) is 15.6. The SMILES string of the molecule is CC=N/C(C#Cc1cc(F)c2c(=O)n3c(nc2c1)CC(C)(C)CC3)=C\C. The van der Waals surface area contributed by atoms with E-state index < -0.39 is 5.82 Å². The van der Waals surface area contributed by atoms with Crippen LogP contribution in [0.2, 0.25) is 0 Å². The third kappa shape index (κ3) is 3.45. The van der Waals surface area contributed by atoms with E-state index in [0.29, 0.717) is 35.6 Å². The lowest BCUT2D eigenvalue weighted by Crippen LogP contribution is -2.35. The van der Waals surface area contributed by atoms with Gasteiger partial charge in [0.1, 0.15) is 22.7 Å². The zero-order chi connectivity index (χ0) is 18.9. The van der Waals surface area contributed by atoms with Crippen molar-refractivity contribution in [2.24, 2.45) is 10.4 Å². The summed E-state index contributed by atoms with van der Waals surface area (Å²) in [7, 11) is 0.